The van der Waals surface area contributed by atoms with Crippen molar-refractivity contribution >= 4 is 33.5 Å². The Kier molecular flexibility index (Phi) is 5.71. The lowest BCUT2D eigenvalue weighted by Crippen LogP contribution is -2.31. The summed E-state index contributed by atoms with van der Waals surface area (Å²) < 4.78 is 11.2. The molecule has 0 aliphatic heterocycles. The third kappa shape index (κ3) is 3.19. The van der Waals surface area contributed by atoms with Crippen LogP contribution in [0, 0.1) is 6.92 Å². The SMILES string of the molecule is CCCOC(=O)C(CC)n1cnc2sc(C(=O)OC)c(C)c2c1=O. The average Bonchev–Trinajstić information content (AvgIpc) is 2.92. The molecule has 2 aromatic heterocycles. The van der Waals surface area contributed by atoms with Gasteiger partial charge in [-0.05, 0) is 25.3 Å². The summed E-state index contributed by atoms with van der Waals surface area (Å²) in [6.45, 7) is 5.69. The minimum absolute atomic E-state index is 0.309. The fraction of sp³-hybridized carbons (Fsp3) is 0.500. The maximum atomic E-state index is 12.8. The summed E-state index contributed by atoms with van der Waals surface area (Å²) in [5.41, 5.74) is 0.162. The Morgan fingerprint density at radius 3 is 2.67 bits per heavy atom. The van der Waals surface area contributed by atoms with Crippen LogP contribution in [0.5, 0.6) is 0 Å². The molecule has 0 radical (unpaired) electrons. The van der Waals surface area contributed by atoms with Gasteiger partial charge in [0.05, 0.1) is 25.4 Å². The molecular weight excluding hydrogens is 332 g/mol. The van der Waals surface area contributed by atoms with Crippen LogP contribution < -0.4 is 5.56 Å². The van der Waals surface area contributed by atoms with Crippen LogP contribution in [0.4, 0.5) is 0 Å². The zero-order chi connectivity index (χ0) is 17.9. The fourth-order valence-corrected chi connectivity index (χ4v) is 3.48. The second kappa shape index (κ2) is 7.57. The number of rotatable bonds is 6. The van der Waals surface area contributed by atoms with Gasteiger partial charge in [-0.25, -0.2) is 14.6 Å². The van der Waals surface area contributed by atoms with Gasteiger partial charge in [-0.2, -0.15) is 0 Å². The average molecular weight is 352 g/mol. The number of esters is 2. The van der Waals surface area contributed by atoms with Crippen molar-refractivity contribution in [2.24, 2.45) is 0 Å². The number of aromatic nitrogens is 2. The van der Waals surface area contributed by atoms with Crippen molar-refractivity contribution in [1.82, 2.24) is 9.55 Å². The molecule has 0 spiro atoms. The summed E-state index contributed by atoms with van der Waals surface area (Å²) >= 11 is 1.11. The first-order chi connectivity index (χ1) is 11.5. The molecule has 2 aromatic rings. The second-order valence-electron chi connectivity index (χ2n) is 5.28. The summed E-state index contributed by atoms with van der Waals surface area (Å²) in [5.74, 6) is -0.959. The quantitative estimate of drug-likeness (QED) is 0.742. The smallest absolute Gasteiger partial charge is 0.348 e. The van der Waals surface area contributed by atoms with Crippen LogP contribution in [0.1, 0.15) is 48.0 Å². The number of fused-ring (bicyclic) bond motifs is 1. The maximum Gasteiger partial charge on any atom is 0.348 e. The zero-order valence-corrected chi connectivity index (χ0v) is 14.9. The lowest BCUT2D eigenvalue weighted by atomic mass is 10.2. The van der Waals surface area contributed by atoms with Gasteiger partial charge in [-0.3, -0.25) is 9.36 Å². The van der Waals surface area contributed by atoms with E-state index in [-0.39, 0.29) is 5.56 Å². The van der Waals surface area contributed by atoms with Gasteiger partial charge in [-0.15, -0.1) is 11.3 Å². The molecule has 0 amide bonds. The van der Waals surface area contributed by atoms with E-state index >= 15 is 0 Å². The van der Waals surface area contributed by atoms with Crippen molar-refractivity contribution in [3.8, 4) is 0 Å². The molecule has 2 heterocycles. The number of aryl methyl sites for hydroxylation is 1. The number of thiophene rings is 1. The van der Waals surface area contributed by atoms with Crippen LogP contribution in [-0.4, -0.2) is 35.2 Å². The number of nitrogens with zero attached hydrogens (tertiary/aromatic N) is 2. The Balaban J connectivity index is 2.54. The van der Waals surface area contributed by atoms with Gasteiger partial charge in [0.1, 0.15) is 15.7 Å². The second-order valence-corrected chi connectivity index (χ2v) is 6.28. The number of carbonyl (C=O) groups excluding carboxylic acids is 2. The lowest BCUT2D eigenvalue weighted by Gasteiger charge is -2.16. The minimum atomic E-state index is -0.734. The van der Waals surface area contributed by atoms with Gasteiger partial charge in [0.2, 0.25) is 0 Å². The normalized spacial score (nSPS) is 12.2. The number of carbonyl (C=O) groups is 2. The number of hydrogen-bond acceptors (Lipinski definition) is 7. The summed E-state index contributed by atoms with van der Waals surface area (Å²) in [6, 6.07) is -0.734. The Labute approximate surface area is 143 Å². The molecule has 7 nitrogen and oxygen atoms in total. The van der Waals surface area contributed by atoms with Crippen molar-refractivity contribution in [3.05, 3.63) is 27.1 Å². The lowest BCUT2D eigenvalue weighted by molar-refractivity contribution is -0.147. The topological polar surface area (TPSA) is 87.5 Å². The number of methoxy groups -OCH3 is 1. The number of hydrogen-bond donors (Lipinski definition) is 0. The molecule has 0 bridgehead atoms. The highest BCUT2D eigenvalue weighted by molar-refractivity contribution is 7.20. The molecular formula is C16H20N2O5S. The van der Waals surface area contributed by atoms with Gasteiger partial charge in [0, 0.05) is 0 Å². The summed E-state index contributed by atoms with van der Waals surface area (Å²) in [7, 11) is 1.29. The molecule has 8 heteroatoms. The fourth-order valence-electron chi connectivity index (χ4n) is 2.42. The first kappa shape index (κ1) is 18.1. The van der Waals surface area contributed by atoms with Crippen LogP contribution >= 0.6 is 11.3 Å². The third-order valence-electron chi connectivity index (χ3n) is 3.69. The molecule has 0 aliphatic rings. The third-order valence-corrected chi connectivity index (χ3v) is 4.87. The highest BCUT2D eigenvalue weighted by atomic mass is 32.1. The van der Waals surface area contributed by atoms with E-state index in [9.17, 15) is 14.4 Å². The molecule has 0 saturated carbocycles. The Hall–Kier alpha value is -2.22. The molecule has 0 aromatic carbocycles. The van der Waals surface area contributed by atoms with Crippen molar-refractivity contribution in [3.63, 3.8) is 0 Å². The van der Waals surface area contributed by atoms with Crippen molar-refractivity contribution in [2.45, 2.75) is 39.7 Å². The van der Waals surface area contributed by atoms with Crippen molar-refractivity contribution < 1.29 is 19.1 Å². The minimum Gasteiger partial charge on any atom is -0.465 e. The molecule has 130 valence electrons. The molecule has 1 atom stereocenters. The summed E-state index contributed by atoms with van der Waals surface area (Å²) in [6.07, 6.45) is 2.45. The monoisotopic (exact) mass is 352 g/mol. The van der Waals surface area contributed by atoms with E-state index in [1.165, 1.54) is 18.0 Å². The Morgan fingerprint density at radius 2 is 2.08 bits per heavy atom. The molecule has 0 fully saturated rings. The maximum absolute atomic E-state index is 12.8. The standard InChI is InChI=1S/C16H20N2O5S/c1-5-7-23-15(20)10(6-2)18-8-17-13-11(14(18)19)9(3)12(24-13)16(21)22-4/h8,10H,5-7H2,1-4H3. The van der Waals surface area contributed by atoms with E-state index < -0.39 is 18.0 Å². The van der Waals surface area contributed by atoms with E-state index in [1.807, 2.05) is 6.92 Å². The summed E-state index contributed by atoms with van der Waals surface area (Å²) in [4.78, 5) is 41.8. The van der Waals surface area contributed by atoms with Gasteiger partial charge >= 0.3 is 11.9 Å². The van der Waals surface area contributed by atoms with Gasteiger partial charge < -0.3 is 9.47 Å². The van der Waals surface area contributed by atoms with E-state index in [1.54, 1.807) is 13.8 Å². The Bertz CT molecular complexity index is 824. The molecule has 0 N–H and O–H groups in total. The number of ether oxygens (including phenoxy) is 2. The Morgan fingerprint density at radius 1 is 1.38 bits per heavy atom. The zero-order valence-electron chi connectivity index (χ0n) is 14.1. The predicted molar refractivity (Wildman–Crippen MR) is 90.5 cm³/mol. The van der Waals surface area contributed by atoms with Crippen molar-refractivity contribution in [2.75, 3.05) is 13.7 Å². The van der Waals surface area contributed by atoms with E-state index in [4.69, 9.17) is 9.47 Å². The van der Waals surface area contributed by atoms with Gasteiger partial charge in [0.15, 0.2) is 0 Å². The first-order valence-corrected chi connectivity index (χ1v) is 8.53. The molecule has 1 unspecified atom stereocenters. The summed E-state index contributed by atoms with van der Waals surface area (Å²) in [5, 5.41) is 0.338. The van der Waals surface area contributed by atoms with Crippen molar-refractivity contribution in [1.29, 1.82) is 0 Å². The highest BCUT2D eigenvalue weighted by Gasteiger charge is 2.25. The first-order valence-electron chi connectivity index (χ1n) is 7.71. The molecule has 0 saturated heterocycles. The van der Waals surface area contributed by atoms with Gasteiger partial charge in [0.25, 0.3) is 5.56 Å². The molecule has 24 heavy (non-hydrogen) atoms. The van der Waals surface area contributed by atoms with E-state index in [2.05, 4.69) is 4.98 Å². The van der Waals surface area contributed by atoms with Crippen LogP contribution in [0.3, 0.4) is 0 Å². The van der Waals surface area contributed by atoms with Crippen LogP contribution in [-0.2, 0) is 14.3 Å². The van der Waals surface area contributed by atoms with Crippen LogP contribution in [0.25, 0.3) is 10.2 Å². The molecule has 0 aliphatic carbocycles. The highest BCUT2D eigenvalue weighted by Crippen LogP contribution is 2.28. The van der Waals surface area contributed by atoms with Crippen LogP contribution in [0.2, 0.25) is 0 Å². The van der Waals surface area contributed by atoms with E-state index in [0.717, 1.165) is 11.3 Å². The predicted octanol–water partition coefficient (Wildman–Crippen LogP) is 2.46. The largest absolute Gasteiger partial charge is 0.465 e. The van der Waals surface area contributed by atoms with Gasteiger partial charge in [-0.1, -0.05) is 13.8 Å². The van der Waals surface area contributed by atoms with E-state index in [0.29, 0.717) is 40.1 Å². The van der Waals surface area contributed by atoms with Crippen LogP contribution in [0.15, 0.2) is 11.1 Å². The molecule has 2 rings (SSSR count).